The topological polar surface area (TPSA) is 88.2 Å². The van der Waals surface area contributed by atoms with E-state index in [1.54, 1.807) is 18.2 Å². The zero-order chi connectivity index (χ0) is 21.8. The van der Waals surface area contributed by atoms with Gasteiger partial charge in [0.1, 0.15) is 5.01 Å². The number of carbonyl (C=O) groups is 1. The lowest BCUT2D eigenvalue weighted by molar-refractivity contribution is -0.120. The Morgan fingerprint density at radius 1 is 0.968 bits per heavy atom. The van der Waals surface area contributed by atoms with Crippen molar-refractivity contribution in [3.8, 4) is 11.1 Å². The predicted octanol–water partition coefficient (Wildman–Crippen LogP) is 3.73. The van der Waals surface area contributed by atoms with Gasteiger partial charge in [-0.15, -0.1) is 11.3 Å². The van der Waals surface area contributed by atoms with Crippen molar-refractivity contribution in [2.45, 2.75) is 17.9 Å². The zero-order valence-corrected chi connectivity index (χ0v) is 18.5. The number of rotatable bonds is 7. The number of sulfonamides is 1. The molecule has 1 heterocycles. The molecule has 0 unspecified atom stereocenters. The number of nitrogens with zero attached hydrogens (tertiary/aromatic N) is 1. The highest BCUT2D eigenvalue weighted by Crippen LogP contribution is 2.28. The van der Waals surface area contributed by atoms with Crippen LogP contribution in [0.4, 0.5) is 0 Å². The summed E-state index contributed by atoms with van der Waals surface area (Å²) in [5.41, 5.74) is 3.84. The highest BCUT2D eigenvalue weighted by atomic mass is 32.2. The van der Waals surface area contributed by atoms with Gasteiger partial charge in [-0.05, 0) is 48.0 Å². The fraction of sp³-hybridized carbons (Fsp3) is 0.130. The summed E-state index contributed by atoms with van der Waals surface area (Å²) in [7, 11) is -2.15. The second kappa shape index (κ2) is 8.97. The average Bonchev–Trinajstić information content (AvgIpc) is 3.20. The number of thiazole rings is 1. The van der Waals surface area contributed by atoms with Crippen molar-refractivity contribution in [2.24, 2.45) is 0 Å². The van der Waals surface area contributed by atoms with Crippen LogP contribution >= 0.6 is 11.3 Å². The Morgan fingerprint density at radius 2 is 1.77 bits per heavy atom. The van der Waals surface area contributed by atoms with E-state index in [1.807, 2.05) is 30.3 Å². The number of benzene rings is 3. The standard InChI is InChI=1S/C23H21N3O3S2/c1-24-31(28,29)19-9-5-6-16(12-19)15-25-22(27)14-23-26-20-11-10-18(13-21(20)30-23)17-7-3-2-4-8-17/h2-13,24H,14-15H2,1H3,(H,25,27). The molecular weight excluding hydrogens is 430 g/mol. The maximum Gasteiger partial charge on any atom is 0.240 e. The quantitative estimate of drug-likeness (QED) is 0.448. The molecule has 6 nitrogen and oxygen atoms in total. The number of aromatic nitrogens is 1. The van der Waals surface area contributed by atoms with Gasteiger partial charge >= 0.3 is 0 Å². The lowest BCUT2D eigenvalue weighted by Crippen LogP contribution is -2.25. The van der Waals surface area contributed by atoms with Crippen LogP contribution in [-0.4, -0.2) is 26.4 Å². The van der Waals surface area contributed by atoms with E-state index < -0.39 is 10.0 Å². The first-order chi connectivity index (χ1) is 14.9. The summed E-state index contributed by atoms with van der Waals surface area (Å²) in [4.78, 5) is 17.2. The van der Waals surface area contributed by atoms with Gasteiger partial charge in [-0.3, -0.25) is 4.79 Å². The van der Waals surface area contributed by atoms with Crippen LogP contribution in [0.15, 0.2) is 77.7 Å². The maximum absolute atomic E-state index is 12.4. The Bertz CT molecular complexity index is 1330. The normalized spacial score (nSPS) is 11.5. The van der Waals surface area contributed by atoms with Crippen molar-refractivity contribution in [1.29, 1.82) is 0 Å². The van der Waals surface area contributed by atoms with Gasteiger partial charge < -0.3 is 5.32 Å². The monoisotopic (exact) mass is 451 g/mol. The van der Waals surface area contributed by atoms with Crippen LogP contribution in [0.5, 0.6) is 0 Å². The number of nitrogens with one attached hydrogen (secondary N) is 2. The molecule has 2 N–H and O–H groups in total. The Balaban J connectivity index is 1.42. The van der Waals surface area contributed by atoms with E-state index in [4.69, 9.17) is 0 Å². The third-order valence-corrected chi connectivity index (χ3v) is 7.25. The van der Waals surface area contributed by atoms with Crippen LogP contribution in [-0.2, 0) is 27.8 Å². The SMILES string of the molecule is CNS(=O)(=O)c1cccc(CNC(=O)Cc2nc3ccc(-c4ccccc4)cc3s2)c1. The van der Waals surface area contributed by atoms with Gasteiger partial charge in [0.15, 0.2) is 0 Å². The molecule has 158 valence electrons. The predicted molar refractivity (Wildman–Crippen MR) is 123 cm³/mol. The van der Waals surface area contributed by atoms with Crippen molar-refractivity contribution in [1.82, 2.24) is 15.0 Å². The molecule has 0 saturated heterocycles. The maximum atomic E-state index is 12.4. The zero-order valence-electron chi connectivity index (χ0n) is 16.8. The van der Waals surface area contributed by atoms with Gasteiger partial charge in [0.2, 0.25) is 15.9 Å². The minimum absolute atomic E-state index is 0.163. The molecule has 4 rings (SSSR count). The van der Waals surface area contributed by atoms with Gasteiger partial charge in [-0.25, -0.2) is 18.1 Å². The highest BCUT2D eigenvalue weighted by molar-refractivity contribution is 7.89. The Kier molecular flexibility index (Phi) is 6.13. The number of hydrogen-bond donors (Lipinski definition) is 2. The molecule has 0 bridgehead atoms. The third kappa shape index (κ3) is 4.99. The summed E-state index contributed by atoms with van der Waals surface area (Å²) in [6.07, 6.45) is 0.175. The fourth-order valence-corrected chi connectivity index (χ4v) is 5.00. The molecule has 0 aliphatic rings. The molecule has 1 aromatic heterocycles. The number of fused-ring (bicyclic) bond motifs is 1. The molecule has 0 aliphatic heterocycles. The molecule has 4 aromatic rings. The van der Waals surface area contributed by atoms with Crippen LogP contribution in [0.25, 0.3) is 21.3 Å². The summed E-state index contributed by atoms with van der Waals surface area (Å²) >= 11 is 1.51. The van der Waals surface area contributed by atoms with Gasteiger partial charge in [-0.1, -0.05) is 48.5 Å². The molecule has 31 heavy (non-hydrogen) atoms. The Labute approximate surface area is 185 Å². The van der Waals surface area contributed by atoms with Gasteiger partial charge in [0.05, 0.1) is 21.5 Å². The van der Waals surface area contributed by atoms with Crippen molar-refractivity contribution in [2.75, 3.05) is 7.05 Å². The van der Waals surface area contributed by atoms with Crippen molar-refractivity contribution >= 4 is 37.5 Å². The fourth-order valence-electron chi connectivity index (χ4n) is 3.20. The molecule has 1 amide bonds. The molecule has 3 aromatic carbocycles. The van der Waals surface area contributed by atoms with Crippen LogP contribution < -0.4 is 10.0 Å². The summed E-state index contributed by atoms with van der Waals surface area (Å²) in [5, 5.41) is 3.58. The van der Waals surface area contributed by atoms with Crippen molar-refractivity contribution < 1.29 is 13.2 Å². The first-order valence-electron chi connectivity index (χ1n) is 9.69. The van der Waals surface area contributed by atoms with E-state index in [0.717, 1.165) is 26.4 Å². The number of hydrogen-bond acceptors (Lipinski definition) is 5. The van der Waals surface area contributed by atoms with Gasteiger partial charge in [0.25, 0.3) is 0 Å². The summed E-state index contributed by atoms with van der Waals surface area (Å²) in [5.74, 6) is -0.163. The smallest absolute Gasteiger partial charge is 0.240 e. The Hall–Kier alpha value is -3.07. The molecule has 0 spiro atoms. The summed E-state index contributed by atoms with van der Waals surface area (Å²) in [6, 6.07) is 22.7. The molecule has 0 atom stereocenters. The first kappa shape index (κ1) is 21.2. The van der Waals surface area contributed by atoms with E-state index in [2.05, 4.69) is 33.2 Å². The van der Waals surface area contributed by atoms with Crippen LogP contribution in [0.3, 0.4) is 0 Å². The van der Waals surface area contributed by atoms with E-state index in [-0.39, 0.29) is 23.8 Å². The summed E-state index contributed by atoms with van der Waals surface area (Å²) in [6.45, 7) is 0.245. The largest absolute Gasteiger partial charge is 0.352 e. The van der Waals surface area contributed by atoms with Crippen molar-refractivity contribution in [3.05, 3.63) is 83.4 Å². The minimum Gasteiger partial charge on any atom is -0.352 e. The third-order valence-electron chi connectivity index (χ3n) is 4.82. The van der Waals surface area contributed by atoms with Gasteiger partial charge in [-0.2, -0.15) is 0 Å². The lowest BCUT2D eigenvalue weighted by Gasteiger charge is -2.07. The summed E-state index contributed by atoms with van der Waals surface area (Å²) < 4.78 is 27.2. The van der Waals surface area contributed by atoms with Gasteiger partial charge in [0, 0.05) is 6.54 Å². The highest BCUT2D eigenvalue weighted by Gasteiger charge is 2.13. The number of carbonyl (C=O) groups excluding carboxylic acids is 1. The number of amides is 1. The van der Waals surface area contributed by atoms with Crippen LogP contribution in [0.1, 0.15) is 10.6 Å². The molecular formula is C23H21N3O3S2. The molecule has 0 saturated carbocycles. The molecule has 0 aliphatic carbocycles. The Morgan fingerprint density at radius 3 is 2.55 bits per heavy atom. The second-order valence-corrected chi connectivity index (χ2v) is 9.97. The van der Waals surface area contributed by atoms with E-state index in [0.29, 0.717) is 5.56 Å². The lowest BCUT2D eigenvalue weighted by atomic mass is 10.1. The van der Waals surface area contributed by atoms with E-state index in [1.165, 1.54) is 24.5 Å². The molecule has 0 fully saturated rings. The average molecular weight is 452 g/mol. The van der Waals surface area contributed by atoms with Crippen LogP contribution in [0, 0.1) is 0 Å². The molecule has 0 radical (unpaired) electrons. The van der Waals surface area contributed by atoms with E-state index in [9.17, 15) is 13.2 Å². The van der Waals surface area contributed by atoms with Crippen LogP contribution in [0.2, 0.25) is 0 Å². The molecule has 8 heteroatoms. The van der Waals surface area contributed by atoms with E-state index >= 15 is 0 Å². The van der Waals surface area contributed by atoms with Crippen molar-refractivity contribution in [3.63, 3.8) is 0 Å². The second-order valence-electron chi connectivity index (χ2n) is 6.96. The minimum atomic E-state index is -3.52. The first-order valence-corrected chi connectivity index (χ1v) is 12.0.